The lowest BCUT2D eigenvalue weighted by Crippen LogP contribution is -2.41. The van der Waals surface area contributed by atoms with Crippen LogP contribution in [-0.4, -0.2) is 55.7 Å². The predicted molar refractivity (Wildman–Crippen MR) is 115 cm³/mol. The van der Waals surface area contributed by atoms with E-state index in [9.17, 15) is 18.3 Å². The maximum atomic E-state index is 13.1. The van der Waals surface area contributed by atoms with Gasteiger partial charge in [0.05, 0.1) is 11.0 Å². The summed E-state index contributed by atoms with van der Waals surface area (Å²) < 4.78 is 38.8. The average Bonchev–Trinajstić information content (AvgIpc) is 3.10. The quantitative estimate of drug-likeness (QED) is 0.466. The second kappa shape index (κ2) is 9.47. The first kappa shape index (κ1) is 22.7. The highest BCUT2D eigenvalue weighted by Crippen LogP contribution is 2.28. The summed E-state index contributed by atoms with van der Waals surface area (Å²) in [5, 5.41) is 10.0. The second-order valence-corrected chi connectivity index (χ2v) is 10.0. The van der Waals surface area contributed by atoms with Gasteiger partial charge in [-0.05, 0) is 55.3 Å². The zero-order valence-electron chi connectivity index (χ0n) is 16.7. The van der Waals surface area contributed by atoms with Crippen molar-refractivity contribution in [3.8, 4) is 5.75 Å². The molecule has 1 aliphatic heterocycles. The summed E-state index contributed by atoms with van der Waals surface area (Å²) in [7, 11) is -3.95. The minimum Gasteiger partial charge on any atom is -0.490 e. The van der Waals surface area contributed by atoms with Gasteiger partial charge in [-0.15, -0.1) is 0 Å². The maximum Gasteiger partial charge on any atom is 0.324 e. The predicted octanol–water partition coefficient (Wildman–Crippen LogP) is 2.81. The van der Waals surface area contributed by atoms with E-state index >= 15 is 0 Å². The lowest BCUT2D eigenvalue weighted by atomic mass is 10.1. The molecule has 7 nitrogen and oxygen atoms in total. The molecule has 1 fully saturated rings. The van der Waals surface area contributed by atoms with Crippen LogP contribution in [0.4, 0.5) is 0 Å². The molecule has 2 atom stereocenters. The monoisotopic (exact) mass is 497 g/mol. The van der Waals surface area contributed by atoms with Crippen LogP contribution < -0.4 is 4.74 Å². The van der Waals surface area contributed by atoms with Crippen LogP contribution in [0.25, 0.3) is 0 Å². The number of halogens is 1. The average molecular weight is 498 g/mol. The molecule has 0 aromatic heterocycles. The third-order valence-corrected chi connectivity index (χ3v) is 7.35. The third-order valence-electron chi connectivity index (χ3n) is 4.98. The fourth-order valence-corrected chi connectivity index (χ4v) is 5.32. The number of carbonyl (C=O) groups excluding carboxylic acids is 1. The van der Waals surface area contributed by atoms with Crippen LogP contribution >= 0.6 is 15.9 Å². The number of nitrogens with zero attached hydrogens (tertiary/aromatic N) is 1. The molecule has 0 amide bonds. The standard InChI is InChI=1S/C21H24BrNO6S/c1-14-6-7-19(10-15(14)2)30(26,27)23-13-17(24)12-20(23)21(25)29-9-8-28-18-5-3-4-16(22)11-18/h3-7,10-11,17,20,24H,8-9,12-13H2,1-2H3. The zero-order valence-corrected chi connectivity index (χ0v) is 19.1. The highest BCUT2D eigenvalue weighted by molar-refractivity contribution is 9.10. The molecule has 1 heterocycles. The molecule has 1 saturated heterocycles. The van der Waals surface area contributed by atoms with E-state index in [1.165, 1.54) is 6.07 Å². The van der Waals surface area contributed by atoms with Gasteiger partial charge < -0.3 is 14.6 Å². The third kappa shape index (κ3) is 5.21. The van der Waals surface area contributed by atoms with Crippen molar-refractivity contribution in [1.82, 2.24) is 4.31 Å². The van der Waals surface area contributed by atoms with Gasteiger partial charge in [0.1, 0.15) is 25.0 Å². The molecular formula is C21H24BrNO6S. The lowest BCUT2D eigenvalue weighted by Gasteiger charge is -2.23. The van der Waals surface area contributed by atoms with Crippen molar-refractivity contribution < 1.29 is 27.8 Å². The number of aliphatic hydroxyl groups is 1. The van der Waals surface area contributed by atoms with Crippen molar-refractivity contribution in [2.75, 3.05) is 19.8 Å². The molecule has 0 radical (unpaired) electrons. The molecule has 0 saturated carbocycles. The van der Waals surface area contributed by atoms with Gasteiger partial charge in [-0.25, -0.2) is 8.42 Å². The number of hydrogen-bond acceptors (Lipinski definition) is 6. The molecule has 2 unspecified atom stereocenters. The van der Waals surface area contributed by atoms with Gasteiger partial charge >= 0.3 is 5.97 Å². The Hall–Kier alpha value is -1.94. The summed E-state index contributed by atoms with van der Waals surface area (Å²) >= 11 is 3.35. The van der Waals surface area contributed by atoms with Gasteiger partial charge in [0.2, 0.25) is 10.0 Å². The summed E-state index contributed by atoms with van der Waals surface area (Å²) in [5.74, 6) is -0.0764. The number of β-amino-alcohol motifs (C(OH)–C–C–N with tert-alkyl or cyclic N) is 1. The highest BCUT2D eigenvalue weighted by atomic mass is 79.9. The van der Waals surface area contributed by atoms with Crippen LogP contribution in [0.2, 0.25) is 0 Å². The number of hydrogen-bond donors (Lipinski definition) is 1. The van der Waals surface area contributed by atoms with Crippen molar-refractivity contribution in [3.05, 3.63) is 58.1 Å². The van der Waals surface area contributed by atoms with E-state index in [1.54, 1.807) is 24.3 Å². The first-order valence-corrected chi connectivity index (χ1v) is 11.7. The fraction of sp³-hybridized carbons (Fsp3) is 0.381. The Morgan fingerprint density at radius 3 is 2.63 bits per heavy atom. The van der Waals surface area contributed by atoms with Crippen molar-refractivity contribution in [1.29, 1.82) is 0 Å². The number of benzene rings is 2. The highest BCUT2D eigenvalue weighted by Gasteiger charge is 2.44. The van der Waals surface area contributed by atoms with Crippen LogP contribution in [0.15, 0.2) is 51.8 Å². The Labute approximate surface area is 184 Å². The van der Waals surface area contributed by atoms with E-state index in [0.717, 1.165) is 19.9 Å². The van der Waals surface area contributed by atoms with E-state index in [-0.39, 0.29) is 31.1 Å². The van der Waals surface area contributed by atoms with E-state index in [2.05, 4.69) is 15.9 Å². The number of aryl methyl sites for hydroxylation is 2. The van der Waals surface area contributed by atoms with E-state index in [0.29, 0.717) is 5.75 Å². The topological polar surface area (TPSA) is 93.1 Å². The molecule has 3 rings (SSSR count). The van der Waals surface area contributed by atoms with Gasteiger partial charge in [0, 0.05) is 17.4 Å². The van der Waals surface area contributed by atoms with E-state index in [1.807, 2.05) is 26.0 Å². The van der Waals surface area contributed by atoms with Crippen molar-refractivity contribution >= 4 is 31.9 Å². The number of ether oxygens (including phenoxy) is 2. The summed E-state index contributed by atoms with van der Waals surface area (Å²) in [6.45, 7) is 3.66. The molecule has 1 aliphatic rings. The Bertz CT molecular complexity index is 1030. The molecule has 2 aromatic rings. The number of rotatable bonds is 7. The smallest absolute Gasteiger partial charge is 0.324 e. The first-order chi connectivity index (χ1) is 14.2. The fourth-order valence-electron chi connectivity index (χ4n) is 3.23. The minimum atomic E-state index is -3.95. The normalized spacial score (nSPS) is 19.6. The first-order valence-electron chi connectivity index (χ1n) is 9.50. The minimum absolute atomic E-state index is 0.00457. The molecule has 30 heavy (non-hydrogen) atoms. The van der Waals surface area contributed by atoms with Crippen LogP contribution in [0, 0.1) is 13.8 Å². The van der Waals surface area contributed by atoms with Crippen molar-refractivity contribution in [2.24, 2.45) is 0 Å². The molecule has 0 spiro atoms. The Morgan fingerprint density at radius 2 is 1.93 bits per heavy atom. The molecule has 0 aliphatic carbocycles. The van der Waals surface area contributed by atoms with Crippen LogP contribution in [0.1, 0.15) is 17.5 Å². The summed E-state index contributed by atoms with van der Waals surface area (Å²) in [4.78, 5) is 12.7. The largest absolute Gasteiger partial charge is 0.490 e. The Morgan fingerprint density at radius 1 is 1.17 bits per heavy atom. The molecule has 9 heteroatoms. The van der Waals surface area contributed by atoms with Crippen molar-refractivity contribution in [2.45, 2.75) is 37.3 Å². The number of esters is 1. The summed E-state index contributed by atoms with van der Waals surface area (Å²) in [6.07, 6.45) is -0.933. The van der Waals surface area contributed by atoms with Gasteiger partial charge in [-0.1, -0.05) is 28.1 Å². The van der Waals surface area contributed by atoms with Gasteiger partial charge in [0.25, 0.3) is 0 Å². The summed E-state index contributed by atoms with van der Waals surface area (Å²) in [5.41, 5.74) is 1.80. The zero-order chi connectivity index (χ0) is 21.9. The number of carbonyl (C=O) groups is 1. The second-order valence-electron chi connectivity index (χ2n) is 7.20. The van der Waals surface area contributed by atoms with Gasteiger partial charge in [-0.2, -0.15) is 4.31 Å². The van der Waals surface area contributed by atoms with Crippen LogP contribution in [-0.2, 0) is 19.6 Å². The summed E-state index contributed by atoms with van der Waals surface area (Å²) in [6, 6.07) is 11.0. The molecule has 2 aromatic carbocycles. The Balaban J connectivity index is 1.64. The molecule has 162 valence electrons. The van der Waals surface area contributed by atoms with Crippen molar-refractivity contribution in [3.63, 3.8) is 0 Å². The lowest BCUT2D eigenvalue weighted by molar-refractivity contribution is -0.148. The maximum absolute atomic E-state index is 13.1. The molecule has 0 bridgehead atoms. The van der Waals surface area contributed by atoms with Crippen LogP contribution in [0.3, 0.4) is 0 Å². The molecule has 1 N–H and O–H groups in total. The SMILES string of the molecule is Cc1ccc(S(=O)(=O)N2CC(O)CC2C(=O)OCCOc2cccc(Br)c2)cc1C. The van der Waals surface area contributed by atoms with Gasteiger partial charge in [0.15, 0.2) is 0 Å². The molecular weight excluding hydrogens is 474 g/mol. The van der Waals surface area contributed by atoms with Gasteiger partial charge in [-0.3, -0.25) is 4.79 Å². The van der Waals surface area contributed by atoms with E-state index < -0.39 is 28.1 Å². The van der Waals surface area contributed by atoms with Crippen LogP contribution in [0.5, 0.6) is 5.75 Å². The number of aliphatic hydroxyl groups excluding tert-OH is 1. The number of sulfonamides is 1. The van der Waals surface area contributed by atoms with E-state index in [4.69, 9.17) is 9.47 Å². The Kier molecular flexibility index (Phi) is 7.18.